The molecule has 0 bridgehead atoms. The maximum atomic E-state index is 11.9. The Morgan fingerprint density at radius 2 is 1.72 bits per heavy atom. The van der Waals surface area contributed by atoms with E-state index in [1.165, 1.54) is 25.7 Å². The highest BCUT2D eigenvalue weighted by molar-refractivity contribution is 5.81. The lowest BCUT2D eigenvalue weighted by molar-refractivity contribution is -0.202. The molecule has 4 rings (SSSR count). The molecule has 182 valence electrons. The van der Waals surface area contributed by atoms with Crippen LogP contribution >= 0.6 is 0 Å². The molecule has 0 aromatic heterocycles. The van der Waals surface area contributed by atoms with E-state index in [-0.39, 0.29) is 29.0 Å². The SMILES string of the molecule is CCOC(=O)/C=C/[C@@H](C)[C@H]1CCC2C3C(O)[C@H](CC)[C@@H]4C[C@H](O)CC[C@]4(C)C3CC[C@@]21C. The van der Waals surface area contributed by atoms with Crippen molar-refractivity contribution in [1.29, 1.82) is 0 Å². The fraction of sp³-hybridized carbons (Fsp3) is 0.893. The molecule has 4 fully saturated rings. The van der Waals surface area contributed by atoms with Crippen molar-refractivity contribution < 1.29 is 19.7 Å². The highest BCUT2D eigenvalue weighted by Gasteiger charge is 2.64. The number of fused-ring (bicyclic) bond motifs is 5. The zero-order valence-electron chi connectivity index (χ0n) is 20.9. The molecule has 0 aromatic carbocycles. The Bertz CT molecular complexity index is 718. The van der Waals surface area contributed by atoms with Gasteiger partial charge in [-0.05, 0) is 104 Å². The maximum absolute atomic E-state index is 11.9. The molecule has 0 amide bonds. The quantitative estimate of drug-likeness (QED) is 0.440. The third-order valence-corrected chi connectivity index (χ3v) is 10.9. The minimum Gasteiger partial charge on any atom is -0.463 e. The lowest BCUT2D eigenvalue weighted by Gasteiger charge is -2.64. The first kappa shape index (κ1) is 24.3. The summed E-state index contributed by atoms with van der Waals surface area (Å²) in [6.07, 6.45) is 11.9. The second-order valence-corrected chi connectivity index (χ2v) is 12.1. The molecular formula is C28H46O4. The van der Waals surface area contributed by atoms with Crippen molar-refractivity contribution in [2.24, 2.45) is 52.3 Å². The van der Waals surface area contributed by atoms with Crippen LogP contribution in [-0.2, 0) is 9.53 Å². The van der Waals surface area contributed by atoms with Gasteiger partial charge in [0.15, 0.2) is 0 Å². The van der Waals surface area contributed by atoms with Crippen LogP contribution in [0.3, 0.4) is 0 Å². The first-order chi connectivity index (χ1) is 15.2. The van der Waals surface area contributed by atoms with E-state index in [1.54, 1.807) is 6.08 Å². The Morgan fingerprint density at radius 1 is 1.03 bits per heavy atom. The summed E-state index contributed by atoms with van der Waals surface area (Å²) in [4.78, 5) is 11.9. The summed E-state index contributed by atoms with van der Waals surface area (Å²) in [5.74, 6) is 2.89. The lowest BCUT2D eigenvalue weighted by atomic mass is 9.41. The summed E-state index contributed by atoms with van der Waals surface area (Å²) < 4.78 is 5.09. The summed E-state index contributed by atoms with van der Waals surface area (Å²) in [5.41, 5.74) is 0.467. The predicted molar refractivity (Wildman–Crippen MR) is 127 cm³/mol. The number of hydrogen-bond donors (Lipinski definition) is 2. The van der Waals surface area contributed by atoms with E-state index in [0.29, 0.717) is 48.0 Å². The summed E-state index contributed by atoms with van der Waals surface area (Å²) in [5, 5.41) is 22.2. The minimum atomic E-state index is -0.248. The van der Waals surface area contributed by atoms with E-state index >= 15 is 0 Å². The molecule has 4 heteroatoms. The number of hydrogen-bond acceptors (Lipinski definition) is 4. The summed E-state index contributed by atoms with van der Waals surface area (Å²) in [6.45, 7) is 11.7. The number of rotatable bonds is 5. The van der Waals surface area contributed by atoms with Crippen molar-refractivity contribution in [3.05, 3.63) is 12.2 Å². The molecule has 4 aliphatic rings. The smallest absolute Gasteiger partial charge is 0.330 e. The van der Waals surface area contributed by atoms with E-state index in [4.69, 9.17) is 4.74 Å². The van der Waals surface area contributed by atoms with Crippen molar-refractivity contribution >= 4 is 5.97 Å². The van der Waals surface area contributed by atoms with Gasteiger partial charge in [0.05, 0.1) is 18.8 Å². The van der Waals surface area contributed by atoms with Crippen LogP contribution in [0.1, 0.15) is 86.0 Å². The number of aliphatic hydroxyl groups is 2. The van der Waals surface area contributed by atoms with Gasteiger partial charge in [-0.3, -0.25) is 0 Å². The topological polar surface area (TPSA) is 66.8 Å². The zero-order valence-corrected chi connectivity index (χ0v) is 20.9. The molecule has 0 spiro atoms. The Labute approximate surface area is 195 Å². The highest BCUT2D eigenvalue weighted by atomic mass is 16.5. The first-order valence-electron chi connectivity index (χ1n) is 13.4. The largest absolute Gasteiger partial charge is 0.463 e. The molecule has 0 heterocycles. The Kier molecular flexibility index (Phi) is 6.87. The minimum absolute atomic E-state index is 0.192. The van der Waals surface area contributed by atoms with E-state index < -0.39 is 0 Å². The van der Waals surface area contributed by atoms with Crippen molar-refractivity contribution in [2.45, 2.75) is 98.2 Å². The van der Waals surface area contributed by atoms with Gasteiger partial charge in [0, 0.05) is 6.08 Å². The van der Waals surface area contributed by atoms with Crippen LogP contribution in [0.15, 0.2) is 12.2 Å². The normalized spacial score (nSPS) is 49.2. The molecule has 0 radical (unpaired) electrons. The molecule has 4 saturated carbocycles. The molecular weight excluding hydrogens is 400 g/mol. The molecule has 32 heavy (non-hydrogen) atoms. The van der Waals surface area contributed by atoms with Gasteiger partial charge in [-0.1, -0.05) is 40.2 Å². The average Bonchev–Trinajstić information content (AvgIpc) is 3.11. The first-order valence-corrected chi connectivity index (χ1v) is 13.4. The van der Waals surface area contributed by atoms with Crippen molar-refractivity contribution in [1.82, 2.24) is 0 Å². The molecule has 4 nitrogen and oxygen atoms in total. The van der Waals surface area contributed by atoms with Gasteiger partial charge in [-0.15, -0.1) is 0 Å². The standard InChI is InChI=1S/C28H46O4/c1-6-19-23-16-18(29)12-14-28(23,5)22-13-15-27(4)20(9-10-21(27)25(22)26(19)31)17(3)8-11-24(30)32-7-2/h8,11,17-23,25-26,29,31H,6-7,9-10,12-16H2,1-5H3/b11-8+/t17-,18-,19-,20-,21?,22?,23+,25?,26?,27-,28-/m1/s1. The van der Waals surface area contributed by atoms with E-state index in [2.05, 4.69) is 33.8 Å². The summed E-state index contributed by atoms with van der Waals surface area (Å²) >= 11 is 0. The van der Waals surface area contributed by atoms with Crippen LogP contribution in [0, 0.1) is 52.3 Å². The van der Waals surface area contributed by atoms with Gasteiger partial charge in [0.25, 0.3) is 0 Å². The van der Waals surface area contributed by atoms with E-state index in [1.807, 2.05) is 6.92 Å². The highest BCUT2D eigenvalue weighted by Crippen LogP contribution is 2.69. The summed E-state index contributed by atoms with van der Waals surface area (Å²) in [6, 6.07) is 0. The van der Waals surface area contributed by atoms with E-state index in [9.17, 15) is 15.0 Å². The number of carbonyl (C=O) groups excluding carboxylic acids is 1. The molecule has 0 saturated heterocycles. The molecule has 0 aliphatic heterocycles. The van der Waals surface area contributed by atoms with Gasteiger partial charge in [0.1, 0.15) is 0 Å². The van der Waals surface area contributed by atoms with Crippen LogP contribution in [0.5, 0.6) is 0 Å². The van der Waals surface area contributed by atoms with Crippen molar-refractivity contribution in [2.75, 3.05) is 6.61 Å². The zero-order chi connectivity index (χ0) is 23.3. The van der Waals surface area contributed by atoms with Crippen LogP contribution in [0.25, 0.3) is 0 Å². The van der Waals surface area contributed by atoms with Gasteiger partial charge < -0.3 is 14.9 Å². The number of allylic oxidation sites excluding steroid dienone is 1. The van der Waals surface area contributed by atoms with Gasteiger partial charge >= 0.3 is 5.97 Å². The second-order valence-electron chi connectivity index (χ2n) is 12.1. The van der Waals surface area contributed by atoms with Crippen LogP contribution in [-0.4, -0.2) is 35.0 Å². The molecule has 11 atom stereocenters. The maximum Gasteiger partial charge on any atom is 0.330 e. The van der Waals surface area contributed by atoms with Crippen LogP contribution < -0.4 is 0 Å². The fourth-order valence-corrected chi connectivity index (χ4v) is 9.42. The molecule has 4 unspecified atom stereocenters. The van der Waals surface area contributed by atoms with Gasteiger partial charge in [-0.2, -0.15) is 0 Å². The number of aliphatic hydroxyl groups excluding tert-OH is 2. The van der Waals surface area contributed by atoms with Gasteiger partial charge in [0.2, 0.25) is 0 Å². The van der Waals surface area contributed by atoms with Crippen molar-refractivity contribution in [3.8, 4) is 0 Å². The average molecular weight is 447 g/mol. The Hall–Kier alpha value is -0.870. The molecule has 0 aromatic rings. The Morgan fingerprint density at radius 3 is 2.41 bits per heavy atom. The molecule has 2 N–H and O–H groups in total. The second kappa shape index (κ2) is 9.06. The number of esters is 1. The monoisotopic (exact) mass is 446 g/mol. The number of carbonyl (C=O) groups is 1. The lowest BCUT2D eigenvalue weighted by Crippen LogP contribution is -2.62. The van der Waals surface area contributed by atoms with Gasteiger partial charge in [-0.25, -0.2) is 4.79 Å². The van der Waals surface area contributed by atoms with Crippen LogP contribution in [0.2, 0.25) is 0 Å². The predicted octanol–water partition coefficient (Wildman–Crippen LogP) is 5.37. The molecule has 4 aliphatic carbocycles. The third-order valence-electron chi connectivity index (χ3n) is 10.9. The van der Waals surface area contributed by atoms with E-state index in [0.717, 1.165) is 25.7 Å². The third kappa shape index (κ3) is 3.78. The van der Waals surface area contributed by atoms with Crippen molar-refractivity contribution in [3.63, 3.8) is 0 Å². The van der Waals surface area contributed by atoms with Crippen LogP contribution in [0.4, 0.5) is 0 Å². The summed E-state index contributed by atoms with van der Waals surface area (Å²) in [7, 11) is 0. The Balaban J connectivity index is 1.59. The fourth-order valence-electron chi connectivity index (χ4n) is 9.42. The number of ether oxygens (including phenoxy) is 1.